The van der Waals surface area contributed by atoms with E-state index >= 15 is 0 Å². The van der Waals surface area contributed by atoms with Gasteiger partial charge in [0.25, 0.3) is 5.91 Å². The van der Waals surface area contributed by atoms with Crippen LogP contribution in [0.2, 0.25) is 0 Å². The van der Waals surface area contributed by atoms with Gasteiger partial charge in [-0.2, -0.15) is 18.3 Å². The van der Waals surface area contributed by atoms with Gasteiger partial charge in [-0.25, -0.2) is 5.43 Å². The fourth-order valence-corrected chi connectivity index (χ4v) is 4.02. The van der Waals surface area contributed by atoms with E-state index in [1.807, 2.05) is 13.0 Å². The van der Waals surface area contributed by atoms with Crippen LogP contribution >= 0.6 is 0 Å². The van der Waals surface area contributed by atoms with Crippen molar-refractivity contribution < 1.29 is 18.0 Å². The summed E-state index contributed by atoms with van der Waals surface area (Å²) in [6.07, 6.45) is -0.763. The minimum absolute atomic E-state index is 0.0905. The summed E-state index contributed by atoms with van der Waals surface area (Å²) in [5.74, 6) is -0.701. The van der Waals surface area contributed by atoms with Crippen molar-refractivity contribution in [3.05, 3.63) is 70.3 Å². The highest BCUT2D eigenvalue weighted by atomic mass is 19.4. The van der Waals surface area contributed by atoms with Crippen molar-refractivity contribution in [3.8, 4) is 0 Å². The first kappa shape index (κ1) is 22.6. The maximum Gasteiger partial charge on any atom is 0.416 e. The van der Waals surface area contributed by atoms with Crippen LogP contribution in [-0.2, 0) is 6.18 Å². The molecular formula is C24H26F3N3O. The predicted octanol–water partition coefficient (Wildman–Crippen LogP) is 5.80. The third-order valence-electron chi connectivity index (χ3n) is 5.50. The average Bonchev–Trinajstić information content (AvgIpc) is 2.68. The molecule has 164 valence electrons. The number of hydrazone groups is 1. The van der Waals surface area contributed by atoms with Crippen LogP contribution in [0.25, 0.3) is 5.57 Å². The molecule has 4 nitrogen and oxygen atoms in total. The van der Waals surface area contributed by atoms with E-state index in [1.54, 1.807) is 0 Å². The summed E-state index contributed by atoms with van der Waals surface area (Å²) in [7, 11) is 0. The summed E-state index contributed by atoms with van der Waals surface area (Å²) in [5, 5.41) is 3.97. The van der Waals surface area contributed by atoms with Crippen molar-refractivity contribution in [2.75, 3.05) is 11.4 Å². The number of carbonyl (C=O) groups is 1. The topological polar surface area (TPSA) is 44.7 Å². The Bertz CT molecular complexity index is 1070. The second-order valence-electron chi connectivity index (χ2n) is 8.23. The molecule has 31 heavy (non-hydrogen) atoms. The predicted molar refractivity (Wildman–Crippen MR) is 118 cm³/mol. The number of aryl methyl sites for hydroxylation is 1. The number of halogens is 3. The van der Waals surface area contributed by atoms with Crippen LogP contribution in [0.4, 0.5) is 18.9 Å². The van der Waals surface area contributed by atoms with E-state index in [4.69, 9.17) is 0 Å². The lowest BCUT2D eigenvalue weighted by Gasteiger charge is -2.43. The van der Waals surface area contributed by atoms with Crippen LogP contribution < -0.4 is 10.3 Å². The second-order valence-corrected chi connectivity index (χ2v) is 8.23. The lowest BCUT2D eigenvalue weighted by atomic mass is 9.87. The van der Waals surface area contributed by atoms with Gasteiger partial charge in [-0.15, -0.1) is 0 Å². The summed E-state index contributed by atoms with van der Waals surface area (Å²) < 4.78 is 38.6. The molecule has 1 aliphatic rings. The second kappa shape index (κ2) is 8.21. The molecule has 0 radical (unpaired) electrons. The number of allylic oxidation sites excluding steroid dienone is 1. The molecule has 0 spiro atoms. The zero-order chi connectivity index (χ0) is 23.0. The van der Waals surface area contributed by atoms with Gasteiger partial charge in [0.05, 0.1) is 17.3 Å². The molecule has 0 aliphatic carbocycles. The molecule has 0 aromatic heterocycles. The number of fused-ring (bicyclic) bond motifs is 1. The molecule has 1 N–H and O–H groups in total. The third-order valence-corrected chi connectivity index (χ3v) is 5.50. The SMILES string of the molecule is CCN1c2cc(C)c(/C=N/NC(=O)c3cccc(C(F)(F)F)c3)cc2C(C)=CC1(C)C. The van der Waals surface area contributed by atoms with Crippen molar-refractivity contribution >= 4 is 23.4 Å². The number of benzene rings is 2. The standard InChI is InChI=1S/C24H26F3N3O/c1-6-30-21-10-15(2)18(12-20(21)16(3)13-23(30,4)5)14-28-29-22(31)17-8-7-9-19(11-17)24(25,26)27/h7-14H,6H2,1-5H3,(H,29,31)/b28-14+. The zero-order valence-electron chi connectivity index (χ0n) is 18.3. The van der Waals surface area contributed by atoms with E-state index in [9.17, 15) is 18.0 Å². The van der Waals surface area contributed by atoms with Gasteiger partial charge in [-0.1, -0.05) is 12.1 Å². The van der Waals surface area contributed by atoms with Gasteiger partial charge in [0.1, 0.15) is 0 Å². The van der Waals surface area contributed by atoms with Crippen LogP contribution in [0.5, 0.6) is 0 Å². The van der Waals surface area contributed by atoms with Gasteiger partial charge in [-0.3, -0.25) is 4.79 Å². The molecule has 0 saturated heterocycles. The Labute approximate surface area is 180 Å². The largest absolute Gasteiger partial charge is 0.416 e. The molecule has 1 amide bonds. The highest BCUT2D eigenvalue weighted by Gasteiger charge is 2.31. The first-order valence-electron chi connectivity index (χ1n) is 10.1. The van der Waals surface area contributed by atoms with Crippen molar-refractivity contribution in [2.24, 2.45) is 5.10 Å². The molecule has 2 aromatic carbocycles. The molecule has 0 atom stereocenters. The number of carbonyl (C=O) groups excluding carboxylic acids is 1. The number of anilines is 1. The number of rotatable bonds is 4. The maximum atomic E-state index is 12.9. The molecule has 0 unspecified atom stereocenters. The lowest BCUT2D eigenvalue weighted by molar-refractivity contribution is -0.137. The minimum Gasteiger partial charge on any atom is -0.363 e. The Hall–Kier alpha value is -3.09. The maximum absolute atomic E-state index is 12.9. The number of nitrogens with one attached hydrogen (secondary N) is 1. The summed E-state index contributed by atoms with van der Waals surface area (Å²) in [6.45, 7) is 11.4. The smallest absolute Gasteiger partial charge is 0.363 e. The Balaban J connectivity index is 1.83. The van der Waals surface area contributed by atoms with Crippen LogP contribution in [0.15, 0.2) is 47.6 Å². The van der Waals surface area contributed by atoms with Gasteiger partial charge in [0, 0.05) is 23.4 Å². The molecule has 2 aromatic rings. The van der Waals surface area contributed by atoms with Gasteiger partial charge < -0.3 is 4.90 Å². The van der Waals surface area contributed by atoms with Crippen molar-refractivity contribution in [1.82, 2.24) is 5.43 Å². The normalized spacial score (nSPS) is 15.6. The number of nitrogens with zero attached hydrogens (tertiary/aromatic N) is 2. The number of likely N-dealkylation sites (N-methyl/N-ethyl adjacent to an activating group) is 1. The first-order valence-corrected chi connectivity index (χ1v) is 10.1. The summed E-state index contributed by atoms with van der Waals surface area (Å²) >= 11 is 0. The van der Waals surface area contributed by atoms with E-state index < -0.39 is 17.6 Å². The fraction of sp³-hybridized carbons (Fsp3) is 0.333. The van der Waals surface area contributed by atoms with E-state index in [1.165, 1.54) is 18.3 Å². The first-order chi connectivity index (χ1) is 14.4. The molecular weight excluding hydrogens is 403 g/mol. The fourth-order valence-electron chi connectivity index (χ4n) is 4.02. The van der Waals surface area contributed by atoms with Gasteiger partial charge in [0.15, 0.2) is 0 Å². The Kier molecular flexibility index (Phi) is 5.98. The highest BCUT2D eigenvalue weighted by Crippen LogP contribution is 2.39. The molecule has 0 fully saturated rings. The highest BCUT2D eigenvalue weighted by molar-refractivity contribution is 5.95. The number of hydrogen-bond acceptors (Lipinski definition) is 3. The van der Waals surface area contributed by atoms with Crippen LogP contribution in [0.1, 0.15) is 60.3 Å². The molecule has 0 bridgehead atoms. The van der Waals surface area contributed by atoms with Crippen molar-refractivity contribution in [3.63, 3.8) is 0 Å². The quantitative estimate of drug-likeness (QED) is 0.493. The number of alkyl halides is 3. The molecule has 1 heterocycles. The molecule has 0 saturated carbocycles. The van der Waals surface area contributed by atoms with Crippen molar-refractivity contribution in [1.29, 1.82) is 0 Å². The number of hydrogen-bond donors (Lipinski definition) is 1. The third kappa shape index (κ3) is 4.65. The van der Waals surface area contributed by atoms with Gasteiger partial charge in [-0.05, 0) is 81.7 Å². The van der Waals surface area contributed by atoms with Gasteiger partial charge in [0.2, 0.25) is 0 Å². The van der Waals surface area contributed by atoms with Gasteiger partial charge >= 0.3 is 6.18 Å². The Morgan fingerprint density at radius 3 is 2.55 bits per heavy atom. The monoisotopic (exact) mass is 429 g/mol. The summed E-state index contributed by atoms with van der Waals surface area (Å²) in [4.78, 5) is 14.6. The number of amides is 1. The summed E-state index contributed by atoms with van der Waals surface area (Å²) in [6, 6.07) is 8.38. The Morgan fingerprint density at radius 1 is 1.19 bits per heavy atom. The zero-order valence-corrected chi connectivity index (χ0v) is 18.3. The van der Waals surface area contributed by atoms with E-state index in [-0.39, 0.29) is 11.1 Å². The summed E-state index contributed by atoms with van der Waals surface area (Å²) in [5.41, 5.74) is 6.46. The Morgan fingerprint density at radius 2 is 1.90 bits per heavy atom. The molecule has 3 rings (SSSR count). The van der Waals surface area contributed by atoms with Crippen LogP contribution in [-0.4, -0.2) is 24.2 Å². The molecule has 1 aliphatic heterocycles. The van der Waals surface area contributed by atoms with E-state index in [0.29, 0.717) is 0 Å². The van der Waals surface area contributed by atoms with Crippen LogP contribution in [0.3, 0.4) is 0 Å². The molecule has 7 heteroatoms. The lowest BCUT2D eigenvalue weighted by Crippen LogP contribution is -2.45. The van der Waals surface area contributed by atoms with Crippen LogP contribution in [0, 0.1) is 6.92 Å². The van der Waals surface area contributed by atoms with E-state index in [0.717, 1.165) is 46.6 Å². The van der Waals surface area contributed by atoms with E-state index in [2.05, 4.69) is 55.3 Å². The average molecular weight is 429 g/mol. The van der Waals surface area contributed by atoms with Crippen molar-refractivity contribution in [2.45, 2.75) is 46.3 Å². The minimum atomic E-state index is -4.51.